The molecule has 0 spiro atoms. The third-order valence-corrected chi connectivity index (χ3v) is 3.97. The molecule has 0 saturated heterocycles. The molecular weight excluding hydrogens is 246 g/mol. The van der Waals surface area contributed by atoms with Gasteiger partial charge in [-0.15, -0.1) is 0 Å². The second-order valence-electron chi connectivity index (χ2n) is 6.53. The Morgan fingerprint density at radius 3 is 2.35 bits per heavy atom. The van der Waals surface area contributed by atoms with Crippen molar-refractivity contribution in [3.8, 4) is 5.75 Å². The number of aryl methyl sites for hydroxylation is 1. The lowest BCUT2D eigenvalue weighted by Gasteiger charge is -2.22. The van der Waals surface area contributed by atoms with Gasteiger partial charge >= 0.3 is 0 Å². The highest BCUT2D eigenvalue weighted by Crippen LogP contribution is 2.25. The van der Waals surface area contributed by atoms with E-state index in [0.717, 1.165) is 31.2 Å². The van der Waals surface area contributed by atoms with E-state index >= 15 is 0 Å². The third kappa shape index (κ3) is 5.54. The quantitative estimate of drug-likeness (QED) is 0.773. The molecular formula is C18H31NO. The van der Waals surface area contributed by atoms with Gasteiger partial charge in [0.25, 0.3) is 0 Å². The number of hydrogen-bond donors (Lipinski definition) is 1. The van der Waals surface area contributed by atoms with Crippen molar-refractivity contribution >= 4 is 0 Å². The molecule has 0 aromatic heterocycles. The second kappa shape index (κ2) is 8.31. The van der Waals surface area contributed by atoms with E-state index < -0.39 is 0 Å². The van der Waals surface area contributed by atoms with Crippen molar-refractivity contribution in [1.82, 2.24) is 5.32 Å². The topological polar surface area (TPSA) is 21.3 Å². The summed E-state index contributed by atoms with van der Waals surface area (Å²) in [5.74, 6) is 3.04. The van der Waals surface area contributed by atoms with Crippen LogP contribution in [0.4, 0.5) is 0 Å². The molecule has 2 nitrogen and oxygen atoms in total. The summed E-state index contributed by atoms with van der Waals surface area (Å²) in [5.41, 5.74) is 2.63. The lowest BCUT2D eigenvalue weighted by atomic mass is 9.88. The van der Waals surface area contributed by atoms with Crippen molar-refractivity contribution in [2.75, 3.05) is 20.2 Å². The molecule has 0 radical (unpaired) electrons. The van der Waals surface area contributed by atoms with E-state index in [4.69, 9.17) is 4.74 Å². The SMILES string of the molecule is COc1ccc(C)cc1CC(C)C(C)CNCC(C)C. The van der Waals surface area contributed by atoms with Crippen LogP contribution in [-0.4, -0.2) is 20.2 Å². The van der Waals surface area contributed by atoms with Gasteiger partial charge in [-0.1, -0.05) is 45.4 Å². The number of nitrogens with one attached hydrogen (secondary N) is 1. The lowest BCUT2D eigenvalue weighted by Crippen LogP contribution is -2.28. The van der Waals surface area contributed by atoms with Crippen molar-refractivity contribution < 1.29 is 4.74 Å². The van der Waals surface area contributed by atoms with Gasteiger partial charge in [-0.05, 0) is 55.8 Å². The van der Waals surface area contributed by atoms with E-state index in [1.54, 1.807) is 7.11 Å². The van der Waals surface area contributed by atoms with Gasteiger partial charge in [-0.3, -0.25) is 0 Å². The molecule has 0 saturated carbocycles. The fourth-order valence-corrected chi connectivity index (χ4v) is 2.42. The molecule has 1 rings (SSSR count). The molecule has 20 heavy (non-hydrogen) atoms. The van der Waals surface area contributed by atoms with Gasteiger partial charge < -0.3 is 10.1 Å². The molecule has 0 aliphatic carbocycles. The maximum atomic E-state index is 5.48. The minimum atomic E-state index is 0.644. The molecule has 1 aromatic rings. The molecule has 0 bridgehead atoms. The average Bonchev–Trinajstić information content (AvgIpc) is 2.38. The summed E-state index contributed by atoms with van der Waals surface area (Å²) in [6.45, 7) is 13.5. The smallest absolute Gasteiger partial charge is 0.122 e. The molecule has 1 N–H and O–H groups in total. The van der Waals surface area contributed by atoms with Crippen LogP contribution in [0.3, 0.4) is 0 Å². The van der Waals surface area contributed by atoms with Gasteiger partial charge in [0.05, 0.1) is 7.11 Å². The minimum Gasteiger partial charge on any atom is -0.496 e. The molecule has 2 unspecified atom stereocenters. The van der Waals surface area contributed by atoms with Crippen molar-refractivity contribution in [2.45, 2.75) is 41.0 Å². The molecule has 2 heteroatoms. The van der Waals surface area contributed by atoms with E-state index in [-0.39, 0.29) is 0 Å². The number of hydrogen-bond acceptors (Lipinski definition) is 2. The van der Waals surface area contributed by atoms with Crippen LogP contribution in [0.2, 0.25) is 0 Å². The first-order chi connectivity index (χ1) is 9.43. The maximum Gasteiger partial charge on any atom is 0.122 e. The lowest BCUT2D eigenvalue weighted by molar-refractivity contribution is 0.349. The predicted octanol–water partition coefficient (Wildman–Crippen LogP) is 4.06. The molecule has 0 aliphatic rings. The van der Waals surface area contributed by atoms with Gasteiger partial charge in [0.2, 0.25) is 0 Å². The Morgan fingerprint density at radius 2 is 1.75 bits per heavy atom. The monoisotopic (exact) mass is 277 g/mol. The van der Waals surface area contributed by atoms with Crippen LogP contribution < -0.4 is 10.1 Å². The summed E-state index contributed by atoms with van der Waals surface area (Å²) in [4.78, 5) is 0. The van der Waals surface area contributed by atoms with E-state index in [1.807, 2.05) is 0 Å². The zero-order valence-corrected chi connectivity index (χ0v) is 14.0. The predicted molar refractivity (Wildman–Crippen MR) is 87.5 cm³/mol. The van der Waals surface area contributed by atoms with Crippen LogP contribution in [0.25, 0.3) is 0 Å². The van der Waals surface area contributed by atoms with E-state index in [9.17, 15) is 0 Å². The Morgan fingerprint density at radius 1 is 1.05 bits per heavy atom. The molecule has 0 heterocycles. The van der Waals surface area contributed by atoms with Crippen LogP contribution in [0.5, 0.6) is 5.75 Å². The Labute approximate surface area is 124 Å². The molecule has 114 valence electrons. The first kappa shape index (κ1) is 17.0. The van der Waals surface area contributed by atoms with Crippen LogP contribution in [0.15, 0.2) is 18.2 Å². The number of benzene rings is 1. The number of ether oxygens (including phenoxy) is 1. The first-order valence-corrected chi connectivity index (χ1v) is 7.78. The van der Waals surface area contributed by atoms with Gasteiger partial charge in [0.15, 0.2) is 0 Å². The third-order valence-electron chi connectivity index (χ3n) is 3.97. The fraction of sp³-hybridized carbons (Fsp3) is 0.667. The van der Waals surface area contributed by atoms with E-state index in [2.05, 4.69) is 58.1 Å². The van der Waals surface area contributed by atoms with Crippen LogP contribution in [0, 0.1) is 24.7 Å². The van der Waals surface area contributed by atoms with Crippen molar-refractivity contribution in [3.63, 3.8) is 0 Å². The van der Waals surface area contributed by atoms with Gasteiger partial charge in [0.1, 0.15) is 5.75 Å². The zero-order chi connectivity index (χ0) is 15.1. The first-order valence-electron chi connectivity index (χ1n) is 7.78. The zero-order valence-electron chi connectivity index (χ0n) is 14.0. The molecule has 1 aromatic carbocycles. The molecule has 2 atom stereocenters. The summed E-state index contributed by atoms with van der Waals surface area (Å²) < 4.78 is 5.48. The standard InChI is InChI=1S/C18H31NO/c1-13(2)11-19-12-16(5)15(4)10-17-9-14(3)7-8-18(17)20-6/h7-9,13,15-16,19H,10-12H2,1-6H3. The maximum absolute atomic E-state index is 5.48. The summed E-state index contributed by atoms with van der Waals surface area (Å²) >= 11 is 0. The highest BCUT2D eigenvalue weighted by atomic mass is 16.5. The van der Waals surface area contributed by atoms with Crippen molar-refractivity contribution in [2.24, 2.45) is 17.8 Å². The molecule has 0 aliphatic heterocycles. The van der Waals surface area contributed by atoms with Gasteiger partial charge in [-0.2, -0.15) is 0 Å². The summed E-state index contributed by atoms with van der Waals surface area (Å²) in [6.07, 6.45) is 1.08. The Bertz CT molecular complexity index is 400. The summed E-state index contributed by atoms with van der Waals surface area (Å²) in [7, 11) is 1.76. The van der Waals surface area contributed by atoms with Gasteiger partial charge in [0, 0.05) is 0 Å². The Hall–Kier alpha value is -1.02. The highest BCUT2D eigenvalue weighted by molar-refractivity contribution is 5.37. The second-order valence-corrected chi connectivity index (χ2v) is 6.53. The van der Waals surface area contributed by atoms with E-state index in [0.29, 0.717) is 11.8 Å². The van der Waals surface area contributed by atoms with Crippen LogP contribution in [-0.2, 0) is 6.42 Å². The highest BCUT2D eigenvalue weighted by Gasteiger charge is 2.15. The minimum absolute atomic E-state index is 0.644. The van der Waals surface area contributed by atoms with Crippen LogP contribution >= 0.6 is 0 Å². The molecule has 0 amide bonds. The van der Waals surface area contributed by atoms with Crippen LogP contribution in [0.1, 0.15) is 38.8 Å². The Balaban J connectivity index is 2.56. The largest absolute Gasteiger partial charge is 0.496 e. The van der Waals surface area contributed by atoms with E-state index in [1.165, 1.54) is 11.1 Å². The van der Waals surface area contributed by atoms with Crippen molar-refractivity contribution in [1.29, 1.82) is 0 Å². The normalized spacial score (nSPS) is 14.3. The number of rotatable bonds is 8. The average molecular weight is 277 g/mol. The number of methoxy groups -OCH3 is 1. The fourth-order valence-electron chi connectivity index (χ4n) is 2.42. The van der Waals surface area contributed by atoms with Gasteiger partial charge in [-0.25, -0.2) is 0 Å². The Kier molecular flexibility index (Phi) is 7.08. The van der Waals surface area contributed by atoms with Crippen molar-refractivity contribution in [3.05, 3.63) is 29.3 Å². The summed E-state index contributed by atoms with van der Waals surface area (Å²) in [5, 5.41) is 3.56. The summed E-state index contributed by atoms with van der Waals surface area (Å²) in [6, 6.07) is 6.45. The molecule has 0 fully saturated rings.